The Morgan fingerprint density at radius 3 is 2.90 bits per heavy atom. The van der Waals surface area contributed by atoms with Gasteiger partial charge in [0.25, 0.3) is 0 Å². The highest BCUT2D eigenvalue weighted by molar-refractivity contribution is 6.28. The third-order valence-electron chi connectivity index (χ3n) is 3.85. The average Bonchev–Trinajstić information content (AvgIpc) is 2.88. The molecule has 2 aliphatic rings. The summed E-state index contributed by atoms with van der Waals surface area (Å²) >= 11 is 5.69. The first-order chi connectivity index (χ1) is 9.89. The second kappa shape index (κ2) is 5.31. The number of halogens is 2. The summed E-state index contributed by atoms with van der Waals surface area (Å²) in [5.74, 6) is -1.33. The zero-order valence-corrected chi connectivity index (χ0v) is 12.5. The fraction of sp³-hybridized carbons (Fsp3) is 0.692. The summed E-state index contributed by atoms with van der Waals surface area (Å²) in [6.45, 7) is 3.63. The number of aromatic nitrogens is 2. The molecule has 2 fully saturated rings. The molecule has 1 aromatic rings. The summed E-state index contributed by atoms with van der Waals surface area (Å²) < 4.78 is 25.4. The molecule has 0 aromatic carbocycles. The van der Waals surface area contributed by atoms with Crippen LogP contribution in [0.15, 0.2) is 6.20 Å². The Hall–Kier alpha value is -1.02. The predicted molar refractivity (Wildman–Crippen MR) is 73.4 cm³/mol. The molecule has 0 bridgehead atoms. The van der Waals surface area contributed by atoms with Crippen molar-refractivity contribution in [1.82, 2.24) is 9.97 Å². The predicted octanol–water partition coefficient (Wildman–Crippen LogP) is 1.58. The quantitative estimate of drug-likeness (QED) is 0.824. The molecule has 3 rings (SSSR count). The molecule has 6 nitrogen and oxygen atoms in total. The fourth-order valence-corrected chi connectivity index (χ4v) is 3.16. The van der Waals surface area contributed by atoms with Crippen molar-refractivity contribution < 1.29 is 19.0 Å². The highest BCUT2D eigenvalue weighted by Gasteiger charge is 2.53. The van der Waals surface area contributed by atoms with Gasteiger partial charge in [0.1, 0.15) is 6.10 Å². The smallest absolute Gasteiger partial charge is 0.224 e. The Bertz CT molecular complexity index is 545. The van der Waals surface area contributed by atoms with E-state index in [1.807, 2.05) is 13.8 Å². The molecule has 2 N–H and O–H groups in total. The van der Waals surface area contributed by atoms with E-state index in [9.17, 15) is 9.50 Å². The maximum absolute atomic E-state index is 13.7. The molecule has 0 amide bonds. The lowest BCUT2D eigenvalue weighted by molar-refractivity contribution is -0.158. The van der Waals surface area contributed by atoms with Crippen molar-refractivity contribution in [1.29, 1.82) is 0 Å². The molecule has 2 heterocycles. The van der Waals surface area contributed by atoms with Gasteiger partial charge in [0.15, 0.2) is 17.4 Å². The van der Waals surface area contributed by atoms with Crippen LogP contribution in [0.25, 0.3) is 0 Å². The molecule has 4 atom stereocenters. The van der Waals surface area contributed by atoms with Gasteiger partial charge in [-0.15, -0.1) is 0 Å². The average molecular weight is 318 g/mol. The van der Waals surface area contributed by atoms with Gasteiger partial charge in [0.05, 0.1) is 18.3 Å². The Labute approximate surface area is 126 Å². The van der Waals surface area contributed by atoms with Crippen molar-refractivity contribution in [2.24, 2.45) is 5.92 Å². The van der Waals surface area contributed by atoms with Gasteiger partial charge in [-0.1, -0.05) is 0 Å². The molecule has 1 saturated carbocycles. The second-order valence-corrected chi connectivity index (χ2v) is 6.17. The van der Waals surface area contributed by atoms with Crippen LogP contribution in [0.4, 0.5) is 10.2 Å². The molecule has 8 heteroatoms. The number of aliphatic hydroxyl groups is 1. The SMILES string of the molecule is CC1(C)O[C@@H]2[C@@H](CO)C[C@@H](Nc3nc(Cl)ncc3F)[C@@H]2O1. The van der Waals surface area contributed by atoms with Gasteiger partial charge in [0.2, 0.25) is 5.28 Å². The summed E-state index contributed by atoms with van der Waals surface area (Å²) in [5.41, 5.74) is 0. The maximum Gasteiger partial charge on any atom is 0.224 e. The third-order valence-corrected chi connectivity index (χ3v) is 4.03. The van der Waals surface area contributed by atoms with E-state index in [0.717, 1.165) is 6.20 Å². The normalized spacial score (nSPS) is 34.0. The Morgan fingerprint density at radius 2 is 2.19 bits per heavy atom. The van der Waals surface area contributed by atoms with E-state index in [1.165, 1.54) is 0 Å². The first-order valence-corrected chi connectivity index (χ1v) is 7.18. The standard InChI is InChI=1S/C13H17ClFN3O3/c1-13(2)20-9-6(5-19)3-8(10(9)21-13)17-11-7(15)4-16-12(14)18-11/h4,6,8-10,19H,3,5H2,1-2H3,(H,16,17,18)/t6-,8-,9-,10+/m1/s1. The van der Waals surface area contributed by atoms with Crippen LogP contribution >= 0.6 is 11.6 Å². The van der Waals surface area contributed by atoms with Gasteiger partial charge in [-0.3, -0.25) is 0 Å². The number of nitrogens with zero attached hydrogens (tertiary/aromatic N) is 2. The number of ether oxygens (including phenoxy) is 2. The van der Waals surface area contributed by atoms with Crippen LogP contribution in [0.5, 0.6) is 0 Å². The van der Waals surface area contributed by atoms with Gasteiger partial charge < -0.3 is 19.9 Å². The van der Waals surface area contributed by atoms with Crippen LogP contribution in [-0.4, -0.2) is 45.7 Å². The zero-order valence-electron chi connectivity index (χ0n) is 11.7. The summed E-state index contributed by atoms with van der Waals surface area (Å²) in [4.78, 5) is 7.42. The molecular formula is C13H17ClFN3O3. The first kappa shape index (κ1) is 14.9. The van der Waals surface area contributed by atoms with Crippen molar-refractivity contribution in [3.05, 3.63) is 17.3 Å². The van der Waals surface area contributed by atoms with E-state index in [0.29, 0.717) is 6.42 Å². The fourth-order valence-electron chi connectivity index (χ4n) is 3.03. The minimum Gasteiger partial charge on any atom is -0.396 e. The molecule has 1 aliphatic heterocycles. The number of aliphatic hydroxyl groups excluding tert-OH is 1. The number of hydrogen-bond acceptors (Lipinski definition) is 6. The van der Waals surface area contributed by atoms with Gasteiger partial charge in [-0.2, -0.15) is 4.98 Å². The first-order valence-electron chi connectivity index (χ1n) is 6.80. The lowest BCUT2D eigenvalue weighted by Gasteiger charge is -2.23. The maximum atomic E-state index is 13.7. The van der Waals surface area contributed by atoms with Crippen LogP contribution in [-0.2, 0) is 9.47 Å². The summed E-state index contributed by atoms with van der Waals surface area (Å²) in [5, 5.41) is 12.4. The van der Waals surface area contributed by atoms with Crippen LogP contribution < -0.4 is 5.32 Å². The van der Waals surface area contributed by atoms with Crippen LogP contribution in [0.3, 0.4) is 0 Å². The lowest BCUT2D eigenvalue weighted by atomic mass is 10.1. The highest BCUT2D eigenvalue weighted by atomic mass is 35.5. The topological polar surface area (TPSA) is 76.5 Å². The summed E-state index contributed by atoms with van der Waals surface area (Å²) in [6.07, 6.45) is 1.13. The van der Waals surface area contributed by atoms with Crippen LogP contribution in [0.1, 0.15) is 20.3 Å². The van der Waals surface area contributed by atoms with Crippen molar-refractivity contribution >= 4 is 17.4 Å². The Kier molecular flexibility index (Phi) is 3.77. The molecule has 21 heavy (non-hydrogen) atoms. The van der Waals surface area contributed by atoms with E-state index >= 15 is 0 Å². The molecular weight excluding hydrogens is 301 g/mol. The van der Waals surface area contributed by atoms with Crippen LogP contribution in [0, 0.1) is 11.7 Å². The summed E-state index contributed by atoms with van der Waals surface area (Å²) in [6, 6.07) is -0.214. The molecule has 0 radical (unpaired) electrons. The molecule has 1 aliphatic carbocycles. The van der Waals surface area contributed by atoms with E-state index in [1.54, 1.807) is 0 Å². The van der Waals surface area contributed by atoms with E-state index in [-0.39, 0.29) is 41.9 Å². The Morgan fingerprint density at radius 1 is 1.48 bits per heavy atom. The highest BCUT2D eigenvalue weighted by Crippen LogP contribution is 2.42. The minimum absolute atomic E-state index is 0.00814. The summed E-state index contributed by atoms with van der Waals surface area (Å²) in [7, 11) is 0. The Balaban J connectivity index is 1.81. The van der Waals surface area contributed by atoms with E-state index in [4.69, 9.17) is 21.1 Å². The molecule has 1 saturated heterocycles. The van der Waals surface area contributed by atoms with Gasteiger partial charge >= 0.3 is 0 Å². The lowest BCUT2D eigenvalue weighted by Crippen LogP contribution is -2.35. The minimum atomic E-state index is -0.717. The van der Waals surface area contributed by atoms with Crippen molar-refractivity contribution in [2.45, 2.75) is 44.3 Å². The molecule has 0 spiro atoms. The van der Waals surface area contributed by atoms with Crippen molar-refractivity contribution in [3.63, 3.8) is 0 Å². The third kappa shape index (κ3) is 2.83. The zero-order chi connectivity index (χ0) is 15.2. The second-order valence-electron chi connectivity index (χ2n) is 5.83. The number of anilines is 1. The van der Waals surface area contributed by atoms with Crippen molar-refractivity contribution in [3.8, 4) is 0 Å². The number of hydrogen-bond donors (Lipinski definition) is 2. The van der Waals surface area contributed by atoms with E-state index < -0.39 is 11.6 Å². The monoisotopic (exact) mass is 317 g/mol. The number of nitrogens with one attached hydrogen (secondary N) is 1. The van der Waals surface area contributed by atoms with Crippen LogP contribution in [0.2, 0.25) is 5.28 Å². The molecule has 0 unspecified atom stereocenters. The molecule has 116 valence electrons. The number of fused-ring (bicyclic) bond motifs is 1. The van der Waals surface area contributed by atoms with Crippen molar-refractivity contribution in [2.75, 3.05) is 11.9 Å². The van der Waals surface area contributed by atoms with Gasteiger partial charge in [-0.05, 0) is 31.9 Å². The largest absolute Gasteiger partial charge is 0.396 e. The molecule has 1 aromatic heterocycles. The van der Waals surface area contributed by atoms with Gasteiger partial charge in [-0.25, -0.2) is 9.37 Å². The van der Waals surface area contributed by atoms with E-state index in [2.05, 4.69) is 15.3 Å². The van der Waals surface area contributed by atoms with Gasteiger partial charge in [0, 0.05) is 12.5 Å². The number of rotatable bonds is 3.